The lowest BCUT2D eigenvalue weighted by molar-refractivity contribution is 0.0355. The fourth-order valence-corrected chi connectivity index (χ4v) is 4.53. The standard InChI is InChI=1S/C23H35N5OS.HI/c1-4-20-15-25-21(30-20)16-26-22(24-5-2)27-17-23(11-13-29-14-12-23)28-18(3)19-9-7-6-8-10-19;/h6-10,15,18,28H,4-5,11-14,16-17H2,1-3H3,(H2,24,26,27);1H. The lowest BCUT2D eigenvalue weighted by Crippen LogP contribution is -2.58. The molecule has 1 aromatic heterocycles. The molecule has 0 saturated carbocycles. The molecule has 0 aliphatic carbocycles. The number of ether oxygens (including phenoxy) is 1. The summed E-state index contributed by atoms with van der Waals surface area (Å²) < 4.78 is 5.66. The second kappa shape index (κ2) is 13.3. The van der Waals surface area contributed by atoms with Gasteiger partial charge in [0, 0.05) is 49.0 Å². The summed E-state index contributed by atoms with van der Waals surface area (Å²) in [5.74, 6) is 0.839. The Morgan fingerprint density at radius 3 is 2.58 bits per heavy atom. The fraction of sp³-hybridized carbons (Fsp3) is 0.565. The number of guanidine groups is 1. The lowest BCUT2D eigenvalue weighted by Gasteiger charge is -2.41. The highest BCUT2D eigenvalue weighted by atomic mass is 127. The first-order valence-corrected chi connectivity index (χ1v) is 11.8. The highest BCUT2D eigenvalue weighted by Gasteiger charge is 2.34. The van der Waals surface area contributed by atoms with E-state index in [0.717, 1.165) is 56.5 Å². The van der Waals surface area contributed by atoms with Crippen molar-refractivity contribution in [3.05, 3.63) is 52.0 Å². The monoisotopic (exact) mass is 557 g/mol. The Balaban J connectivity index is 0.00000341. The number of halogens is 1. The van der Waals surface area contributed by atoms with Crippen molar-refractivity contribution >= 4 is 41.3 Å². The second-order valence-corrected chi connectivity index (χ2v) is 8.99. The molecular formula is C23H36IN5OS. The van der Waals surface area contributed by atoms with Crippen molar-refractivity contribution in [1.82, 2.24) is 20.9 Å². The summed E-state index contributed by atoms with van der Waals surface area (Å²) in [6.45, 7) is 10.3. The van der Waals surface area contributed by atoms with Crippen molar-refractivity contribution in [2.45, 2.75) is 58.2 Å². The number of hydrogen-bond acceptors (Lipinski definition) is 5. The third-order valence-electron chi connectivity index (χ3n) is 5.53. The molecular weight excluding hydrogens is 521 g/mol. The van der Waals surface area contributed by atoms with Crippen LogP contribution in [0.5, 0.6) is 0 Å². The van der Waals surface area contributed by atoms with Crippen LogP contribution in [-0.4, -0.2) is 42.8 Å². The van der Waals surface area contributed by atoms with Crippen LogP contribution in [0.15, 0.2) is 41.5 Å². The molecule has 0 bridgehead atoms. The minimum atomic E-state index is -0.0275. The first kappa shape index (κ1) is 26.0. The molecule has 3 N–H and O–H groups in total. The van der Waals surface area contributed by atoms with Crippen molar-refractivity contribution in [1.29, 1.82) is 0 Å². The Bertz CT molecular complexity index is 792. The largest absolute Gasteiger partial charge is 0.381 e. The van der Waals surface area contributed by atoms with Crippen molar-refractivity contribution in [3.63, 3.8) is 0 Å². The van der Waals surface area contributed by atoms with Crippen molar-refractivity contribution in [3.8, 4) is 0 Å². The number of aromatic nitrogens is 1. The molecule has 1 atom stereocenters. The van der Waals surface area contributed by atoms with Gasteiger partial charge in [0.2, 0.25) is 0 Å². The molecule has 1 aliphatic rings. The van der Waals surface area contributed by atoms with Crippen LogP contribution in [0.2, 0.25) is 0 Å². The van der Waals surface area contributed by atoms with Crippen LogP contribution in [0, 0.1) is 0 Å². The zero-order valence-electron chi connectivity index (χ0n) is 18.8. The molecule has 6 nitrogen and oxygen atoms in total. The van der Waals surface area contributed by atoms with E-state index in [1.807, 2.05) is 6.20 Å². The smallest absolute Gasteiger partial charge is 0.191 e. The summed E-state index contributed by atoms with van der Waals surface area (Å²) in [5, 5.41) is 11.9. The van der Waals surface area contributed by atoms with Gasteiger partial charge in [0.25, 0.3) is 0 Å². The first-order chi connectivity index (χ1) is 14.6. The predicted molar refractivity (Wildman–Crippen MR) is 141 cm³/mol. The maximum absolute atomic E-state index is 5.66. The van der Waals surface area contributed by atoms with Gasteiger partial charge in [-0.05, 0) is 38.7 Å². The van der Waals surface area contributed by atoms with Gasteiger partial charge in [-0.25, -0.2) is 9.98 Å². The average Bonchev–Trinajstić information content (AvgIpc) is 3.25. The quantitative estimate of drug-likeness (QED) is 0.244. The average molecular weight is 558 g/mol. The van der Waals surface area contributed by atoms with Crippen molar-refractivity contribution < 1.29 is 4.74 Å². The van der Waals surface area contributed by atoms with Gasteiger partial charge in [0.05, 0.1) is 6.54 Å². The van der Waals surface area contributed by atoms with Gasteiger partial charge in [-0.15, -0.1) is 35.3 Å². The molecule has 0 amide bonds. The predicted octanol–water partition coefficient (Wildman–Crippen LogP) is 4.28. The Morgan fingerprint density at radius 1 is 1.19 bits per heavy atom. The number of rotatable bonds is 9. The molecule has 2 heterocycles. The maximum atomic E-state index is 5.66. The van der Waals surface area contributed by atoms with Gasteiger partial charge in [-0.2, -0.15) is 0 Å². The van der Waals surface area contributed by atoms with Crippen LogP contribution in [0.4, 0.5) is 0 Å². The van der Waals surface area contributed by atoms with E-state index in [9.17, 15) is 0 Å². The van der Waals surface area contributed by atoms with E-state index in [4.69, 9.17) is 9.73 Å². The number of nitrogens with one attached hydrogen (secondary N) is 3. The Hall–Kier alpha value is -1.23. The van der Waals surface area contributed by atoms with Crippen LogP contribution >= 0.6 is 35.3 Å². The zero-order chi connectivity index (χ0) is 21.2. The van der Waals surface area contributed by atoms with Gasteiger partial charge in [0.15, 0.2) is 5.96 Å². The van der Waals surface area contributed by atoms with Crippen molar-refractivity contribution in [2.75, 3.05) is 26.3 Å². The molecule has 0 spiro atoms. The van der Waals surface area contributed by atoms with E-state index in [1.54, 1.807) is 11.3 Å². The Kier molecular flexibility index (Phi) is 11.2. The number of nitrogens with zero attached hydrogens (tertiary/aromatic N) is 2. The van der Waals surface area contributed by atoms with Crippen LogP contribution in [-0.2, 0) is 17.7 Å². The number of aliphatic imine (C=N–C) groups is 1. The van der Waals surface area contributed by atoms with Crippen LogP contribution in [0.1, 0.15) is 55.1 Å². The highest BCUT2D eigenvalue weighted by Crippen LogP contribution is 2.25. The molecule has 0 radical (unpaired) electrons. The second-order valence-electron chi connectivity index (χ2n) is 7.79. The lowest BCUT2D eigenvalue weighted by atomic mass is 9.88. The normalized spacial score (nSPS) is 16.9. The van der Waals surface area contributed by atoms with Gasteiger partial charge in [0.1, 0.15) is 5.01 Å². The molecule has 31 heavy (non-hydrogen) atoms. The van der Waals surface area contributed by atoms with Crippen molar-refractivity contribution in [2.24, 2.45) is 4.99 Å². The zero-order valence-corrected chi connectivity index (χ0v) is 22.0. The topological polar surface area (TPSA) is 70.6 Å². The molecule has 172 valence electrons. The molecule has 1 fully saturated rings. The van der Waals surface area contributed by atoms with E-state index in [1.165, 1.54) is 10.4 Å². The molecule has 1 saturated heterocycles. The fourth-order valence-electron chi connectivity index (χ4n) is 3.74. The minimum Gasteiger partial charge on any atom is -0.381 e. The summed E-state index contributed by atoms with van der Waals surface area (Å²) in [6.07, 6.45) is 4.93. The summed E-state index contributed by atoms with van der Waals surface area (Å²) >= 11 is 1.74. The van der Waals surface area contributed by atoms with E-state index >= 15 is 0 Å². The Morgan fingerprint density at radius 2 is 1.94 bits per heavy atom. The van der Waals surface area contributed by atoms with Gasteiger partial charge in [-0.3, -0.25) is 0 Å². The van der Waals surface area contributed by atoms with Crippen LogP contribution in [0.3, 0.4) is 0 Å². The number of aryl methyl sites for hydroxylation is 1. The molecule has 3 rings (SSSR count). The van der Waals surface area contributed by atoms with Gasteiger partial charge < -0.3 is 20.7 Å². The number of hydrogen-bond donors (Lipinski definition) is 3. The molecule has 1 aromatic carbocycles. The number of benzene rings is 1. The SMILES string of the molecule is CCNC(=NCc1ncc(CC)s1)NCC1(NC(C)c2ccccc2)CCOCC1.I. The van der Waals surface area contributed by atoms with E-state index in [-0.39, 0.29) is 35.6 Å². The molecule has 1 aliphatic heterocycles. The van der Waals surface area contributed by atoms with E-state index in [2.05, 4.69) is 72.0 Å². The first-order valence-electron chi connectivity index (χ1n) is 11.0. The third kappa shape index (κ3) is 8.00. The molecule has 2 aromatic rings. The highest BCUT2D eigenvalue weighted by molar-refractivity contribution is 14.0. The van der Waals surface area contributed by atoms with Crippen LogP contribution in [0.25, 0.3) is 0 Å². The summed E-state index contributed by atoms with van der Waals surface area (Å²) in [6, 6.07) is 10.9. The molecule has 1 unspecified atom stereocenters. The van der Waals surface area contributed by atoms with Gasteiger partial charge in [-0.1, -0.05) is 37.3 Å². The van der Waals surface area contributed by atoms with Crippen LogP contribution < -0.4 is 16.0 Å². The minimum absolute atomic E-state index is 0. The third-order valence-corrected chi connectivity index (χ3v) is 6.66. The summed E-state index contributed by atoms with van der Waals surface area (Å²) in [7, 11) is 0. The van der Waals surface area contributed by atoms with E-state index < -0.39 is 0 Å². The van der Waals surface area contributed by atoms with E-state index in [0.29, 0.717) is 6.54 Å². The Labute approximate surface area is 207 Å². The maximum Gasteiger partial charge on any atom is 0.191 e. The summed E-state index contributed by atoms with van der Waals surface area (Å²) in [4.78, 5) is 10.6. The molecule has 8 heteroatoms. The van der Waals surface area contributed by atoms with Gasteiger partial charge >= 0.3 is 0 Å². The number of thiazole rings is 1. The summed E-state index contributed by atoms with van der Waals surface area (Å²) in [5.41, 5.74) is 1.28.